The summed E-state index contributed by atoms with van der Waals surface area (Å²) in [5, 5.41) is 9.98. The van der Waals surface area contributed by atoms with Crippen LogP contribution in [0.1, 0.15) is 17.9 Å². The normalized spacial score (nSPS) is 24.3. The largest absolute Gasteiger partial charge is 0.481 e. The lowest BCUT2D eigenvalue weighted by Crippen LogP contribution is -2.40. The van der Waals surface area contributed by atoms with E-state index in [4.69, 9.17) is 11.6 Å². The topological polar surface area (TPSA) is 40.5 Å². The second-order valence-electron chi connectivity index (χ2n) is 4.65. The van der Waals surface area contributed by atoms with Crippen LogP contribution in [0, 0.1) is 5.92 Å². The van der Waals surface area contributed by atoms with Gasteiger partial charge in [0.2, 0.25) is 0 Å². The molecule has 0 unspecified atom stereocenters. The van der Waals surface area contributed by atoms with Crippen molar-refractivity contribution in [1.29, 1.82) is 0 Å². The van der Waals surface area contributed by atoms with Crippen LogP contribution in [0.5, 0.6) is 0 Å². The second kappa shape index (κ2) is 6.41. The maximum absolute atomic E-state index is 11.3. The predicted octanol–water partition coefficient (Wildman–Crippen LogP) is 2.88. The van der Waals surface area contributed by atoms with Gasteiger partial charge >= 0.3 is 5.97 Å². The number of carbonyl (C=O) groups is 1. The average molecular weight is 290 g/mol. The second-order valence-corrected chi connectivity index (χ2v) is 5.09. The summed E-state index contributed by atoms with van der Waals surface area (Å²) < 4.78 is 0. The molecule has 1 saturated heterocycles. The Labute approximate surface area is 118 Å². The van der Waals surface area contributed by atoms with E-state index >= 15 is 0 Å². The Morgan fingerprint density at radius 2 is 2.00 bits per heavy atom. The number of piperidine rings is 1. The van der Waals surface area contributed by atoms with Crippen molar-refractivity contribution in [3.63, 3.8) is 0 Å². The Morgan fingerprint density at radius 1 is 1.39 bits per heavy atom. The van der Waals surface area contributed by atoms with Crippen molar-refractivity contribution >= 4 is 30.0 Å². The molecule has 0 bridgehead atoms. The van der Waals surface area contributed by atoms with Gasteiger partial charge in [-0.3, -0.25) is 4.79 Å². The van der Waals surface area contributed by atoms with E-state index in [9.17, 15) is 9.90 Å². The fourth-order valence-electron chi connectivity index (χ4n) is 2.47. The number of carboxylic acid groups (broad SMARTS) is 1. The molecule has 1 aliphatic rings. The molecule has 18 heavy (non-hydrogen) atoms. The molecule has 1 fully saturated rings. The van der Waals surface area contributed by atoms with Gasteiger partial charge in [-0.05, 0) is 43.6 Å². The fourth-order valence-corrected chi connectivity index (χ4v) is 2.60. The van der Waals surface area contributed by atoms with Crippen LogP contribution in [0.25, 0.3) is 0 Å². The zero-order valence-electron chi connectivity index (χ0n) is 10.2. The highest BCUT2D eigenvalue weighted by Crippen LogP contribution is 2.33. The van der Waals surface area contributed by atoms with Crippen LogP contribution in [0.2, 0.25) is 5.02 Å². The minimum atomic E-state index is -0.712. The van der Waals surface area contributed by atoms with Crippen molar-refractivity contribution in [2.75, 3.05) is 20.1 Å². The lowest BCUT2D eigenvalue weighted by atomic mass is 9.80. The molecule has 2 atom stereocenters. The summed E-state index contributed by atoms with van der Waals surface area (Å²) >= 11 is 5.85. The van der Waals surface area contributed by atoms with Crippen molar-refractivity contribution in [2.24, 2.45) is 5.92 Å². The van der Waals surface area contributed by atoms with Crippen LogP contribution in [0.3, 0.4) is 0 Å². The molecule has 0 saturated carbocycles. The Bertz CT molecular complexity index is 408. The Kier molecular flexibility index (Phi) is 5.45. The van der Waals surface area contributed by atoms with Gasteiger partial charge in [-0.2, -0.15) is 0 Å². The first-order valence-electron chi connectivity index (χ1n) is 5.74. The molecule has 3 nitrogen and oxygen atoms in total. The Hall–Kier alpha value is -0.770. The maximum Gasteiger partial charge on any atom is 0.308 e. The summed E-state index contributed by atoms with van der Waals surface area (Å²) in [5.41, 5.74) is 1.08. The predicted molar refractivity (Wildman–Crippen MR) is 74.7 cm³/mol. The molecule has 1 aromatic rings. The van der Waals surface area contributed by atoms with E-state index in [0.717, 1.165) is 18.5 Å². The fraction of sp³-hybridized carbons (Fsp3) is 0.462. The third kappa shape index (κ3) is 3.37. The smallest absolute Gasteiger partial charge is 0.308 e. The minimum absolute atomic E-state index is 0. The van der Waals surface area contributed by atoms with Crippen LogP contribution in [0.15, 0.2) is 24.3 Å². The first kappa shape index (κ1) is 15.3. The number of likely N-dealkylation sites (tertiary alicyclic amines) is 1. The molecular formula is C13H17Cl2NO2. The van der Waals surface area contributed by atoms with Crippen LogP contribution in [-0.2, 0) is 4.79 Å². The number of carboxylic acids is 1. The zero-order valence-corrected chi connectivity index (χ0v) is 11.7. The lowest BCUT2D eigenvalue weighted by Gasteiger charge is -2.34. The summed E-state index contributed by atoms with van der Waals surface area (Å²) in [6, 6.07) is 7.53. The quantitative estimate of drug-likeness (QED) is 0.910. The van der Waals surface area contributed by atoms with Gasteiger partial charge in [0.05, 0.1) is 5.92 Å². The summed E-state index contributed by atoms with van der Waals surface area (Å²) in [7, 11) is 1.97. The molecule has 2 rings (SSSR count). The van der Waals surface area contributed by atoms with E-state index in [0.29, 0.717) is 11.6 Å². The van der Waals surface area contributed by atoms with Crippen LogP contribution < -0.4 is 0 Å². The molecule has 0 aromatic heterocycles. The van der Waals surface area contributed by atoms with Gasteiger partial charge in [-0.15, -0.1) is 12.4 Å². The number of hydrogen-bond acceptors (Lipinski definition) is 2. The van der Waals surface area contributed by atoms with Crippen molar-refractivity contribution in [2.45, 2.75) is 12.3 Å². The number of aliphatic carboxylic acids is 1. The molecule has 0 amide bonds. The molecule has 100 valence electrons. The Balaban J connectivity index is 0.00000162. The van der Waals surface area contributed by atoms with Crippen LogP contribution in [0.4, 0.5) is 0 Å². The third-order valence-electron chi connectivity index (χ3n) is 3.43. The van der Waals surface area contributed by atoms with Crippen molar-refractivity contribution in [3.05, 3.63) is 34.9 Å². The first-order valence-corrected chi connectivity index (χ1v) is 6.12. The lowest BCUT2D eigenvalue weighted by molar-refractivity contribution is -0.144. The van der Waals surface area contributed by atoms with Crippen molar-refractivity contribution in [3.8, 4) is 0 Å². The van der Waals surface area contributed by atoms with Gasteiger partial charge in [0.1, 0.15) is 0 Å². The Morgan fingerprint density at radius 3 is 2.56 bits per heavy atom. The van der Waals surface area contributed by atoms with E-state index in [1.54, 1.807) is 0 Å². The first-order chi connectivity index (χ1) is 8.08. The van der Waals surface area contributed by atoms with Gasteiger partial charge in [-0.1, -0.05) is 23.7 Å². The van der Waals surface area contributed by atoms with Crippen LogP contribution >= 0.6 is 24.0 Å². The van der Waals surface area contributed by atoms with Gasteiger partial charge < -0.3 is 10.0 Å². The molecule has 0 radical (unpaired) electrons. The molecule has 1 N–H and O–H groups in total. The number of halogens is 2. The third-order valence-corrected chi connectivity index (χ3v) is 3.68. The van der Waals surface area contributed by atoms with Crippen molar-refractivity contribution < 1.29 is 9.90 Å². The molecule has 1 heterocycles. The maximum atomic E-state index is 11.3. The highest BCUT2D eigenvalue weighted by Gasteiger charge is 2.33. The molecule has 5 heteroatoms. The minimum Gasteiger partial charge on any atom is -0.481 e. The summed E-state index contributed by atoms with van der Waals surface area (Å²) in [4.78, 5) is 13.4. The number of benzene rings is 1. The van der Waals surface area contributed by atoms with E-state index in [1.807, 2.05) is 31.3 Å². The van der Waals surface area contributed by atoms with Gasteiger partial charge in [-0.25, -0.2) is 0 Å². The summed E-state index contributed by atoms with van der Waals surface area (Å²) in [6.07, 6.45) is 0.884. The highest BCUT2D eigenvalue weighted by molar-refractivity contribution is 6.30. The molecule has 1 aliphatic heterocycles. The van der Waals surface area contributed by atoms with E-state index < -0.39 is 5.97 Å². The van der Waals surface area contributed by atoms with E-state index in [1.165, 1.54) is 0 Å². The molecular weight excluding hydrogens is 273 g/mol. The monoisotopic (exact) mass is 289 g/mol. The highest BCUT2D eigenvalue weighted by atomic mass is 35.5. The number of rotatable bonds is 2. The number of nitrogens with zero attached hydrogens (tertiary/aromatic N) is 1. The molecule has 1 aromatic carbocycles. The summed E-state index contributed by atoms with van der Waals surface area (Å²) in [6.45, 7) is 1.56. The standard InChI is InChI=1S/C13H16ClNO2.ClH/c1-15-7-6-11(12(8-15)13(16)17)9-2-4-10(14)5-3-9;/h2-5,11-12H,6-8H2,1H3,(H,16,17);1H/t11-,12+;/m1./s1. The SMILES string of the molecule is CN1CC[C@H](c2ccc(Cl)cc2)[C@@H](C(=O)O)C1.Cl. The average Bonchev–Trinajstić information content (AvgIpc) is 2.30. The van der Waals surface area contributed by atoms with Crippen LogP contribution in [-0.4, -0.2) is 36.1 Å². The van der Waals surface area contributed by atoms with Gasteiger partial charge in [0, 0.05) is 11.6 Å². The molecule has 0 aliphatic carbocycles. The summed E-state index contributed by atoms with van der Waals surface area (Å²) in [5.74, 6) is -0.938. The zero-order chi connectivity index (χ0) is 12.4. The van der Waals surface area contributed by atoms with Gasteiger partial charge in [0.25, 0.3) is 0 Å². The number of hydrogen-bond donors (Lipinski definition) is 1. The van der Waals surface area contributed by atoms with Gasteiger partial charge in [0.15, 0.2) is 0 Å². The van der Waals surface area contributed by atoms with E-state index in [2.05, 4.69) is 4.90 Å². The molecule has 0 spiro atoms. The van der Waals surface area contributed by atoms with E-state index in [-0.39, 0.29) is 24.2 Å². The van der Waals surface area contributed by atoms with Crippen molar-refractivity contribution in [1.82, 2.24) is 4.90 Å².